The zero-order chi connectivity index (χ0) is 14.3. The summed E-state index contributed by atoms with van der Waals surface area (Å²) in [5, 5.41) is 11.7. The molecule has 1 unspecified atom stereocenters. The molecule has 1 rings (SSSR count). The Morgan fingerprint density at radius 1 is 1.58 bits per heavy atom. The number of nitrogens with two attached hydrogens (primary N) is 1. The minimum Gasteiger partial charge on any atom is -0.495 e. The number of unbranched alkanes of at least 4 members (excludes halogenated alkanes) is 1. The summed E-state index contributed by atoms with van der Waals surface area (Å²) in [7, 11) is 1.49. The van der Waals surface area contributed by atoms with Crippen molar-refractivity contribution in [3.63, 3.8) is 0 Å². The second kappa shape index (κ2) is 7.39. The van der Waals surface area contributed by atoms with Gasteiger partial charge in [-0.3, -0.25) is 4.79 Å². The Morgan fingerprint density at radius 3 is 2.89 bits per heavy atom. The van der Waals surface area contributed by atoms with E-state index in [2.05, 4.69) is 5.32 Å². The first-order chi connectivity index (χ1) is 9.13. The summed E-state index contributed by atoms with van der Waals surface area (Å²) in [5.41, 5.74) is 6.53. The standard InChI is InChI=1S/C14H19N3O2/c1-3-4-7-11(16)14(18)17-13-10(9-15)6-5-8-12(13)19-2/h5-6,8,11H,3-4,7,16H2,1-2H3,(H,17,18). The third-order valence-corrected chi connectivity index (χ3v) is 2.82. The van der Waals surface area contributed by atoms with Crippen LogP contribution in [0, 0.1) is 11.3 Å². The van der Waals surface area contributed by atoms with Gasteiger partial charge in [-0.05, 0) is 18.6 Å². The largest absolute Gasteiger partial charge is 0.495 e. The van der Waals surface area contributed by atoms with Crippen LogP contribution in [0.3, 0.4) is 0 Å². The van der Waals surface area contributed by atoms with Crippen LogP contribution >= 0.6 is 0 Å². The highest BCUT2D eigenvalue weighted by Gasteiger charge is 2.17. The number of nitrogens with zero attached hydrogens (tertiary/aromatic N) is 1. The summed E-state index contributed by atoms with van der Waals surface area (Å²) < 4.78 is 5.14. The zero-order valence-corrected chi connectivity index (χ0v) is 11.3. The molecule has 0 saturated heterocycles. The number of para-hydroxylation sites is 1. The number of hydrogen-bond acceptors (Lipinski definition) is 4. The SMILES string of the molecule is CCCCC(N)C(=O)Nc1c(C#N)cccc1OC. The molecule has 0 fully saturated rings. The monoisotopic (exact) mass is 261 g/mol. The molecule has 0 aliphatic carbocycles. The van der Waals surface area contributed by atoms with Crippen LogP contribution in [0.5, 0.6) is 5.75 Å². The summed E-state index contributed by atoms with van der Waals surface area (Å²) >= 11 is 0. The second-order valence-corrected chi connectivity index (χ2v) is 4.23. The molecular weight excluding hydrogens is 242 g/mol. The zero-order valence-electron chi connectivity index (χ0n) is 11.3. The van der Waals surface area contributed by atoms with E-state index in [0.717, 1.165) is 12.8 Å². The number of benzene rings is 1. The summed E-state index contributed by atoms with van der Waals surface area (Å²) in [4.78, 5) is 12.0. The van der Waals surface area contributed by atoms with Gasteiger partial charge in [0.05, 0.1) is 18.7 Å². The Labute approximate surface area is 113 Å². The Balaban J connectivity index is 2.87. The summed E-state index contributed by atoms with van der Waals surface area (Å²) in [5.74, 6) is 0.157. The predicted molar refractivity (Wildman–Crippen MR) is 73.8 cm³/mol. The average Bonchev–Trinajstić information content (AvgIpc) is 2.44. The molecule has 5 heteroatoms. The smallest absolute Gasteiger partial charge is 0.241 e. The first-order valence-electron chi connectivity index (χ1n) is 6.27. The van der Waals surface area contributed by atoms with Crippen molar-refractivity contribution in [2.75, 3.05) is 12.4 Å². The first kappa shape index (κ1) is 15.0. The van der Waals surface area contributed by atoms with Gasteiger partial charge in [-0.15, -0.1) is 0 Å². The van der Waals surface area contributed by atoms with Gasteiger partial charge in [0.2, 0.25) is 5.91 Å². The van der Waals surface area contributed by atoms with Gasteiger partial charge in [0.1, 0.15) is 17.5 Å². The maximum Gasteiger partial charge on any atom is 0.241 e. The molecule has 0 radical (unpaired) electrons. The number of ether oxygens (including phenoxy) is 1. The van der Waals surface area contributed by atoms with E-state index in [1.54, 1.807) is 18.2 Å². The van der Waals surface area contributed by atoms with Crippen molar-refractivity contribution in [3.05, 3.63) is 23.8 Å². The number of carbonyl (C=O) groups is 1. The van der Waals surface area contributed by atoms with E-state index < -0.39 is 6.04 Å². The van der Waals surface area contributed by atoms with Crippen LogP contribution in [0.4, 0.5) is 5.69 Å². The van der Waals surface area contributed by atoms with Crippen molar-refractivity contribution in [1.82, 2.24) is 0 Å². The molecule has 102 valence electrons. The number of methoxy groups -OCH3 is 1. The van der Waals surface area contributed by atoms with Crippen molar-refractivity contribution < 1.29 is 9.53 Å². The lowest BCUT2D eigenvalue weighted by Crippen LogP contribution is -2.35. The van der Waals surface area contributed by atoms with E-state index >= 15 is 0 Å². The number of rotatable bonds is 6. The number of nitriles is 1. The topological polar surface area (TPSA) is 88.1 Å². The van der Waals surface area contributed by atoms with Crippen LogP contribution < -0.4 is 15.8 Å². The van der Waals surface area contributed by atoms with E-state index in [-0.39, 0.29) is 5.91 Å². The van der Waals surface area contributed by atoms with Crippen molar-refractivity contribution in [3.8, 4) is 11.8 Å². The van der Waals surface area contributed by atoms with Crippen LogP contribution in [0.2, 0.25) is 0 Å². The van der Waals surface area contributed by atoms with E-state index in [0.29, 0.717) is 23.4 Å². The van der Waals surface area contributed by atoms with Crippen LogP contribution in [0.15, 0.2) is 18.2 Å². The van der Waals surface area contributed by atoms with E-state index in [9.17, 15) is 4.79 Å². The lowest BCUT2D eigenvalue weighted by atomic mass is 10.1. The number of hydrogen-bond donors (Lipinski definition) is 2. The van der Waals surface area contributed by atoms with Crippen molar-refractivity contribution in [1.29, 1.82) is 5.26 Å². The molecule has 5 nitrogen and oxygen atoms in total. The maximum absolute atomic E-state index is 12.0. The van der Waals surface area contributed by atoms with Gasteiger partial charge in [-0.1, -0.05) is 25.8 Å². The molecule has 0 saturated carbocycles. The molecule has 1 aromatic rings. The van der Waals surface area contributed by atoms with Crippen molar-refractivity contribution >= 4 is 11.6 Å². The Morgan fingerprint density at radius 2 is 2.32 bits per heavy atom. The molecule has 0 aromatic heterocycles. The molecule has 0 spiro atoms. The van der Waals surface area contributed by atoms with Gasteiger partial charge in [-0.25, -0.2) is 0 Å². The van der Waals surface area contributed by atoms with E-state index in [1.807, 2.05) is 13.0 Å². The van der Waals surface area contributed by atoms with Gasteiger partial charge in [0.15, 0.2) is 0 Å². The molecule has 3 N–H and O–H groups in total. The van der Waals surface area contributed by atoms with E-state index in [1.165, 1.54) is 7.11 Å². The fraction of sp³-hybridized carbons (Fsp3) is 0.429. The van der Waals surface area contributed by atoms with Gasteiger partial charge in [0.25, 0.3) is 0 Å². The lowest BCUT2D eigenvalue weighted by molar-refractivity contribution is -0.117. The Kier molecular flexibility index (Phi) is 5.83. The highest BCUT2D eigenvalue weighted by molar-refractivity contribution is 5.97. The van der Waals surface area contributed by atoms with Gasteiger partial charge >= 0.3 is 0 Å². The fourth-order valence-corrected chi connectivity index (χ4v) is 1.69. The Hall–Kier alpha value is -2.06. The summed E-state index contributed by atoms with van der Waals surface area (Å²) in [6.45, 7) is 2.04. The van der Waals surface area contributed by atoms with Crippen LogP contribution in [-0.2, 0) is 4.79 Å². The van der Waals surface area contributed by atoms with Gasteiger partial charge in [-0.2, -0.15) is 5.26 Å². The second-order valence-electron chi connectivity index (χ2n) is 4.23. The van der Waals surface area contributed by atoms with Crippen molar-refractivity contribution in [2.45, 2.75) is 32.2 Å². The normalized spacial score (nSPS) is 11.5. The number of amides is 1. The van der Waals surface area contributed by atoms with Gasteiger partial charge in [0, 0.05) is 0 Å². The molecule has 1 amide bonds. The third kappa shape index (κ3) is 3.97. The van der Waals surface area contributed by atoms with Crippen LogP contribution in [0.25, 0.3) is 0 Å². The molecule has 0 aliphatic heterocycles. The Bertz CT molecular complexity index is 480. The maximum atomic E-state index is 12.0. The highest BCUT2D eigenvalue weighted by Crippen LogP contribution is 2.27. The predicted octanol–water partition coefficient (Wildman–Crippen LogP) is 2.02. The van der Waals surface area contributed by atoms with Gasteiger partial charge < -0.3 is 15.8 Å². The average molecular weight is 261 g/mol. The minimum atomic E-state index is -0.573. The highest BCUT2D eigenvalue weighted by atomic mass is 16.5. The molecule has 0 heterocycles. The lowest BCUT2D eigenvalue weighted by Gasteiger charge is -2.15. The summed E-state index contributed by atoms with van der Waals surface area (Å²) in [6.07, 6.45) is 2.50. The molecule has 0 aliphatic rings. The molecule has 1 atom stereocenters. The number of carbonyl (C=O) groups excluding carboxylic acids is 1. The first-order valence-corrected chi connectivity index (χ1v) is 6.27. The quantitative estimate of drug-likeness (QED) is 0.820. The van der Waals surface area contributed by atoms with E-state index in [4.69, 9.17) is 15.7 Å². The van der Waals surface area contributed by atoms with Crippen molar-refractivity contribution in [2.24, 2.45) is 5.73 Å². The number of anilines is 1. The number of nitrogens with one attached hydrogen (secondary N) is 1. The van der Waals surface area contributed by atoms with Crippen LogP contribution in [-0.4, -0.2) is 19.1 Å². The fourth-order valence-electron chi connectivity index (χ4n) is 1.69. The third-order valence-electron chi connectivity index (χ3n) is 2.82. The minimum absolute atomic E-state index is 0.297. The summed E-state index contributed by atoms with van der Waals surface area (Å²) in [6, 6.07) is 6.46. The molecule has 0 bridgehead atoms. The van der Waals surface area contributed by atoms with Crippen LogP contribution in [0.1, 0.15) is 31.7 Å². The molecular formula is C14H19N3O2. The molecule has 19 heavy (non-hydrogen) atoms. The molecule has 1 aromatic carbocycles.